The normalized spacial score (nSPS) is 14.8. The van der Waals surface area contributed by atoms with Crippen molar-refractivity contribution < 1.29 is 19.7 Å². The largest absolute Gasteiger partial charge is 0.508 e. The second-order valence-corrected chi connectivity index (χ2v) is 5.66. The van der Waals surface area contributed by atoms with Gasteiger partial charge in [0.2, 0.25) is 0 Å². The molecule has 0 aliphatic carbocycles. The van der Waals surface area contributed by atoms with Crippen molar-refractivity contribution >= 4 is 0 Å². The van der Waals surface area contributed by atoms with Crippen molar-refractivity contribution in [2.45, 2.75) is 52.2 Å². The minimum absolute atomic E-state index is 0.164. The van der Waals surface area contributed by atoms with Gasteiger partial charge >= 0.3 is 0 Å². The number of hydrogen-bond acceptors (Lipinski definition) is 4. The minimum atomic E-state index is 0.164. The van der Waals surface area contributed by atoms with Crippen molar-refractivity contribution in [1.82, 2.24) is 0 Å². The molecule has 2 N–H and O–H groups in total. The molecule has 0 bridgehead atoms. The highest BCUT2D eigenvalue weighted by molar-refractivity contribution is 5.28. The molecule has 0 saturated carbocycles. The quantitative estimate of drug-likeness (QED) is 0.545. The lowest BCUT2D eigenvalue weighted by Gasteiger charge is -2.23. The van der Waals surface area contributed by atoms with Gasteiger partial charge in [-0.05, 0) is 49.9 Å². The van der Waals surface area contributed by atoms with Crippen LogP contribution < -0.4 is 0 Å². The molecule has 132 valence electrons. The molecule has 3 atom stereocenters. The Morgan fingerprint density at radius 1 is 1.00 bits per heavy atom. The molecule has 1 aromatic rings. The standard InChI is InChI=1S/C13H26O2.C6H6O2/c1-6-7-8-9-11(2)10-13(15-5)12(3)14-4;7-5-1-2-6(8)4-3-5/h8-9,11-13H,6-7,10H2,1-5H3;1-4,7-8H. The first-order valence-electron chi connectivity index (χ1n) is 8.14. The van der Waals surface area contributed by atoms with Crippen LogP contribution in [0.15, 0.2) is 36.4 Å². The van der Waals surface area contributed by atoms with Crippen molar-refractivity contribution in [1.29, 1.82) is 0 Å². The number of methoxy groups -OCH3 is 2. The summed E-state index contributed by atoms with van der Waals surface area (Å²) in [5, 5.41) is 17.3. The molecule has 1 aromatic carbocycles. The summed E-state index contributed by atoms with van der Waals surface area (Å²) in [6, 6.07) is 5.70. The number of benzene rings is 1. The van der Waals surface area contributed by atoms with Crippen molar-refractivity contribution in [2.75, 3.05) is 14.2 Å². The topological polar surface area (TPSA) is 58.9 Å². The second kappa shape index (κ2) is 13.0. The number of allylic oxidation sites excluding steroid dienone is 2. The van der Waals surface area contributed by atoms with Crippen LogP contribution in [0.3, 0.4) is 0 Å². The molecule has 0 radical (unpaired) electrons. The Bertz CT molecular complexity index is 393. The van der Waals surface area contributed by atoms with Crippen LogP contribution in [-0.4, -0.2) is 36.6 Å². The van der Waals surface area contributed by atoms with E-state index in [2.05, 4.69) is 32.9 Å². The summed E-state index contributed by atoms with van der Waals surface area (Å²) in [5.41, 5.74) is 0. The number of phenols is 2. The number of unbranched alkanes of at least 4 members (excludes halogenated alkanes) is 1. The Balaban J connectivity index is 0.000000502. The second-order valence-electron chi connectivity index (χ2n) is 5.66. The maximum atomic E-state index is 8.65. The van der Waals surface area contributed by atoms with Crippen LogP contribution in [0.4, 0.5) is 0 Å². The third kappa shape index (κ3) is 10.8. The number of hydrogen-bond donors (Lipinski definition) is 2. The van der Waals surface area contributed by atoms with Crippen molar-refractivity contribution in [3.63, 3.8) is 0 Å². The van der Waals surface area contributed by atoms with E-state index in [1.807, 2.05) is 0 Å². The van der Waals surface area contributed by atoms with Gasteiger partial charge in [-0.25, -0.2) is 0 Å². The maximum Gasteiger partial charge on any atom is 0.115 e. The molecule has 23 heavy (non-hydrogen) atoms. The Labute approximate surface area is 140 Å². The summed E-state index contributed by atoms with van der Waals surface area (Å²) in [4.78, 5) is 0. The van der Waals surface area contributed by atoms with Crippen molar-refractivity contribution in [3.05, 3.63) is 36.4 Å². The van der Waals surface area contributed by atoms with Crippen LogP contribution in [0, 0.1) is 5.92 Å². The fourth-order valence-electron chi connectivity index (χ4n) is 2.02. The molecular weight excluding hydrogens is 292 g/mol. The zero-order valence-electron chi connectivity index (χ0n) is 15.0. The molecule has 0 aromatic heterocycles. The first-order valence-corrected chi connectivity index (χ1v) is 8.14. The Morgan fingerprint density at radius 3 is 1.91 bits per heavy atom. The lowest BCUT2D eigenvalue weighted by atomic mass is 9.99. The van der Waals surface area contributed by atoms with Crippen molar-refractivity contribution in [3.8, 4) is 11.5 Å². The molecule has 0 aliphatic heterocycles. The van der Waals surface area contributed by atoms with Gasteiger partial charge in [0.05, 0.1) is 12.2 Å². The summed E-state index contributed by atoms with van der Waals surface area (Å²) < 4.78 is 10.7. The molecule has 0 spiro atoms. The van der Waals surface area contributed by atoms with E-state index < -0.39 is 0 Å². The van der Waals surface area contributed by atoms with E-state index in [4.69, 9.17) is 19.7 Å². The number of ether oxygens (including phenoxy) is 2. The zero-order chi connectivity index (χ0) is 17.7. The van der Waals surface area contributed by atoms with Gasteiger partial charge in [0.15, 0.2) is 0 Å². The van der Waals surface area contributed by atoms with Crippen LogP contribution in [0.2, 0.25) is 0 Å². The van der Waals surface area contributed by atoms with E-state index >= 15 is 0 Å². The highest BCUT2D eigenvalue weighted by atomic mass is 16.5. The molecule has 4 heteroatoms. The molecule has 4 nitrogen and oxygen atoms in total. The molecule has 0 fully saturated rings. The van der Waals surface area contributed by atoms with Gasteiger partial charge in [-0.15, -0.1) is 0 Å². The summed E-state index contributed by atoms with van der Waals surface area (Å²) in [6.07, 6.45) is 8.29. The average Bonchev–Trinajstić information content (AvgIpc) is 2.55. The summed E-state index contributed by atoms with van der Waals surface area (Å²) in [7, 11) is 3.48. The summed E-state index contributed by atoms with van der Waals surface area (Å²) >= 11 is 0. The molecular formula is C19H32O4. The van der Waals surface area contributed by atoms with E-state index in [1.54, 1.807) is 14.2 Å². The SMILES string of the molecule is CCCC=CC(C)CC(OC)C(C)OC.Oc1ccc(O)cc1. The number of phenolic OH excluding ortho intramolecular Hbond substituents is 2. The fraction of sp³-hybridized carbons (Fsp3) is 0.579. The van der Waals surface area contributed by atoms with Crippen LogP contribution in [0.25, 0.3) is 0 Å². The molecule has 0 saturated heterocycles. The van der Waals surface area contributed by atoms with E-state index in [-0.39, 0.29) is 23.7 Å². The van der Waals surface area contributed by atoms with E-state index in [9.17, 15) is 0 Å². The van der Waals surface area contributed by atoms with Gasteiger partial charge in [-0.2, -0.15) is 0 Å². The highest BCUT2D eigenvalue weighted by Crippen LogP contribution is 2.15. The first kappa shape index (κ1) is 21.5. The van der Waals surface area contributed by atoms with Crippen LogP contribution in [0.1, 0.15) is 40.0 Å². The zero-order valence-corrected chi connectivity index (χ0v) is 15.0. The lowest BCUT2D eigenvalue weighted by Crippen LogP contribution is -2.28. The van der Waals surface area contributed by atoms with Gasteiger partial charge in [0.25, 0.3) is 0 Å². The van der Waals surface area contributed by atoms with Crippen molar-refractivity contribution in [2.24, 2.45) is 5.92 Å². The fourth-order valence-corrected chi connectivity index (χ4v) is 2.02. The Hall–Kier alpha value is -1.52. The predicted octanol–water partition coefficient (Wildman–Crippen LogP) is 4.52. The van der Waals surface area contributed by atoms with E-state index in [0.717, 1.165) is 6.42 Å². The molecule has 0 aliphatic rings. The summed E-state index contributed by atoms with van der Waals surface area (Å²) in [6.45, 7) is 6.47. The monoisotopic (exact) mass is 324 g/mol. The van der Waals surface area contributed by atoms with Crippen LogP contribution >= 0.6 is 0 Å². The molecule has 0 amide bonds. The third-order valence-electron chi connectivity index (χ3n) is 3.57. The molecule has 1 rings (SSSR count). The predicted molar refractivity (Wildman–Crippen MR) is 94.9 cm³/mol. The van der Waals surface area contributed by atoms with E-state index in [0.29, 0.717) is 5.92 Å². The van der Waals surface area contributed by atoms with Gasteiger partial charge in [0, 0.05) is 14.2 Å². The number of rotatable bonds is 8. The smallest absolute Gasteiger partial charge is 0.115 e. The molecule has 0 heterocycles. The summed E-state index contributed by atoms with van der Waals surface area (Å²) in [5.74, 6) is 0.893. The minimum Gasteiger partial charge on any atom is -0.508 e. The highest BCUT2D eigenvalue weighted by Gasteiger charge is 2.17. The third-order valence-corrected chi connectivity index (χ3v) is 3.57. The molecule has 3 unspecified atom stereocenters. The van der Waals surface area contributed by atoms with Gasteiger partial charge in [-0.1, -0.05) is 32.4 Å². The van der Waals surface area contributed by atoms with Gasteiger partial charge in [-0.3, -0.25) is 0 Å². The van der Waals surface area contributed by atoms with Gasteiger partial charge < -0.3 is 19.7 Å². The maximum absolute atomic E-state index is 8.65. The van der Waals surface area contributed by atoms with Crippen LogP contribution in [-0.2, 0) is 9.47 Å². The lowest BCUT2D eigenvalue weighted by molar-refractivity contribution is -0.0339. The Morgan fingerprint density at radius 2 is 1.52 bits per heavy atom. The van der Waals surface area contributed by atoms with E-state index in [1.165, 1.54) is 37.1 Å². The van der Waals surface area contributed by atoms with Crippen LogP contribution in [0.5, 0.6) is 11.5 Å². The number of aromatic hydroxyl groups is 2. The average molecular weight is 324 g/mol. The first-order chi connectivity index (χ1) is 10.9. The Kier molecular flexibility index (Phi) is 12.1. The van der Waals surface area contributed by atoms with Gasteiger partial charge in [0.1, 0.15) is 11.5 Å².